The number of ether oxygens (including phenoxy) is 1. The Labute approximate surface area is 192 Å². The first-order valence-corrected chi connectivity index (χ1v) is 10.8. The summed E-state index contributed by atoms with van der Waals surface area (Å²) in [5.41, 5.74) is 1.36. The van der Waals surface area contributed by atoms with Crippen molar-refractivity contribution in [1.29, 1.82) is 0 Å². The molecule has 33 heavy (non-hydrogen) atoms. The summed E-state index contributed by atoms with van der Waals surface area (Å²) in [6.45, 7) is 0.649. The lowest BCUT2D eigenvalue weighted by Crippen LogP contribution is -2.16. The largest absolute Gasteiger partial charge is 0.454 e. The third-order valence-corrected chi connectivity index (χ3v) is 5.51. The number of carbonyl (C=O) groups excluding carboxylic acids is 3. The zero-order valence-corrected chi connectivity index (χ0v) is 18.3. The maximum atomic E-state index is 14.3. The molecule has 0 radical (unpaired) electrons. The van der Waals surface area contributed by atoms with E-state index in [0.717, 1.165) is 16.6 Å². The van der Waals surface area contributed by atoms with Crippen LogP contribution < -0.4 is 5.32 Å². The van der Waals surface area contributed by atoms with Gasteiger partial charge in [-0.05, 0) is 41.8 Å². The molecule has 2 aromatic heterocycles. The molecule has 0 unspecified atom stereocenters. The first-order chi connectivity index (χ1) is 15.9. The van der Waals surface area contributed by atoms with E-state index in [4.69, 9.17) is 4.74 Å². The molecular formula is C24H18FN3O4S. The Balaban J connectivity index is 1.53. The minimum Gasteiger partial charge on any atom is -0.454 e. The van der Waals surface area contributed by atoms with E-state index in [2.05, 4.69) is 10.4 Å². The number of rotatable bonds is 7. The van der Waals surface area contributed by atoms with Gasteiger partial charge in [0.05, 0.1) is 16.1 Å². The van der Waals surface area contributed by atoms with Crippen molar-refractivity contribution >= 4 is 34.7 Å². The Morgan fingerprint density at radius 1 is 1.06 bits per heavy atom. The molecule has 0 aliphatic carbocycles. The summed E-state index contributed by atoms with van der Waals surface area (Å²) in [5.74, 6) is -2.63. The van der Waals surface area contributed by atoms with Crippen LogP contribution in [-0.4, -0.2) is 34.0 Å². The molecule has 0 aliphatic heterocycles. The van der Waals surface area contributed by atoms with Gasteiger partial charge < -0.3 is 10.1 Å². The molecule has 4 rings (SSSR count). The third kappa shape index (κ3) is 5.04. The molecule has 166 valence electrons. The first kappa shape index (κ1) is 22.1. The van der Waals surface area contributed by atoms with E-state index in [0.29, 0.717) is 5.69 Å². The molecule has 2 heterocycles. The number of para-hydroxylation sites is 1. The zero-order valence-electron chi connectivity index (χ0n) is 17.4. The van der Waals surface area contributed by atoms with Crippen LogP contribution in [0.3, 0.4) is 0 Å². The molecule has 4 aromatic rings. The maximum Gasteiger partial charge on any atom is 0.342 e. The average Bonchev–Trinajstić information content (AvgIpc) is 3.47. The Hall–Kier alpha value is -4.11. The number of carbonyl (C=O) groups is 3. The van der Waals surface area contributed by atoms with Crippen LogP contribution in [0.5, 0.6) is 0 Å². The zero-order chi connectivity index (χ0) is 23.4. The van der Waals surface area contributed by atoms with Gasteiger partial charge in [0.2, 0.25) is 11.7 Å². The molecule has 1 amide bonds. The highest BCUT2D eigenvalue weighted by atomic mass is 32.1. The van der Waals surface area contributed by atoms with Gasteiger partial charge in [0.15, 0.2) is 6.61 Å². The second kappa shape index (κ2) is 9.58. The maximum absolute atomic E-state index is 14.3. The molecular weight excluding hydrogens is 445 g/mol. The summed E-state index contributed by atoms with van der Waals surface area (Å²) in [6.07, 6.45) is 1.54. The highest BCUT2D eigenvalue weighted by Crippen LogP contribution is 2.28. The summed E-state index contributed by atoms with van der Waals surface area (Å²) >= 11 is 1.41. The van der Waals surface area contributed by atoms with Crippen molar-refractivity contribution in [3.8, 4) is 16.3 Å². The smallest absolute Gasteiger partial charge is 0.342 e. The number of halogens is 1. The number of amides is 1. The molecule has 7 nitrogen and oxygen atoms in total. The van der Waals surface area contributed by atoms with Gasteiger partial charge in [-0.2, -0.15) is 5.10 Å². The fraction of sp³-hybridized carbons (Fsp3) is 0.0833. The van der Waals surface area contributed by atoms with Crippen molar-refractivity contribution in [3.05, 3.63) is 89.2 Å². The second-order valence-electron chi connectivity index (χ2n) is 7.02. The Morgan fingerprint density at radius 3 is 2.52 bits per heavy atom. The summed E-state index contributed by atoms with van der Waals surface area (Å²) in [4.78, 5) is 37.2. The van der Waals surface area contributed by atoms with E-state index in [-0.39, 0.29) is 22.7 Å². The predicted octanol–water partition coefficient (Wildman–Crippen LogP) is 4.74. The molecule has 0 fully saturated rings. The number of benzene rings is 2. The van der Waals surface area contributed by atoms with Crippen LogP contribution in [0.25, 0.3) is 16.3 Å². The van der Waals surface area contributed by atoms with E-state index < -0.39 is 24.2 Å². The molecule has 0 bridgehead atoms. The Kier molecular flexibility index (Phi) is 6.41. The summed E-state index contributed by atoms with van der Waals surface area (Å²) in [6, 6.07) is 16.6. The summed E-state index contributed by atoms with van der Waals surface area (Å²) in [5, 5.41) is 8.82. The topological polar surface area (TPSA) is 90.3 Å². The number of ketones is 1. The molecule has 0 saturated carbocycles. The van der Waals surface area contributed by atoms with Gasteiger partial charge in [-0.1, -0.05) is 24.3 Å². The van der Waals surface area contributed by atoms with Crippen molar-refractivity contribution in [1.82, 2.24) is 9.78 Å². The van der Waals surface area contributed by atoms with Crippen molar-refractivity contribution in [3.63, 3.8) is 0 Å². The van der Waals surface area contributed by atoms with E-state index in [1.165, 1.54) is 30.4 Å². The van der Waals surface area contributed by atoms with Crippen LogP contribution in [0.1, 0.15) is 27.6 Å². The highest BCUT2D eigenvalue weighted by Gasteiger charge is 2.22. The average molecular weight is 463 g/mol. The lowest BCUT2D eigenvalue weighted by Gasteiger charge is -2.07. The molecule has 0 spiro atoms. The van der Waals surface area contributed by atoms with Crippen LogP contribution in [0.4, 0.5) is 10.1 Å². The Bertz CT molecular complexity index is 1320. The van der Waals surface area contributed by atoms with Gasteiger partial charge >= 0.3 is 5.97 Å². The Morgan fingerprint density at radius 2 is 1.85 bits per heavy atom. The number of hydrogen-bond acceptors (Lipinski definition) is 6. The minimum atomic E-state index is -0.821. The summed E-state index contributed by atoms with van der Waals surface area (Å²) in [7, 11) is 0. The lowest BCUT2D eigenvalue weighted by atomic mass is 10.1. The monoisotopic (exact) mass is 463 g/mol. The van der Waals surface area contributed by atoms with Crippen molar-refractivity contribution in [2.75, 3.05) is 11.9 Å². The molecule has 0 atom stereocenters. The number of anilines is 1. The van der Waals surface area contributed by atoms with E-state index in [1.807, 2.05) is 47.8 Å². The number of thiophene rings is 1. The molecule has 1 N–H and O–H groups in total. The fourth-order valence-corrected chi connectivity index (χ4v) is 3.86. The van der Waals surface area contributed by atoms with Crippen LogP contribution >= 0.6 is 11.3 Å². The van der Waals surface area contributed by atoms with Gasteiger partial charge in [-0.15, -0.1) is 11.3 Å². The van der Waals surface area contributed by atoms with Gasteiger partial charge in [0.25, 0.3) is 0 Å². The van der Waals surface area contributed by atoms with Gasteiger partial charge in [0, 0.05) is 18.8 Å². The van der Waals surface area contributed by atoms with Crippen molar-refractivity contribution in [2.24, 2.45) is 0 Å². The van der Waals surface area contributed by atoms with E-state index >= 15 is 0 Å². The normalized spacial score (nSPS) is 10.6. The number of aromatic nitrogens is 2. The van der Waals surface area contributed by atoms with Crippen molar-refractivity contribution in [2.45, 2.75) is 6.92 Å². The van der Waals surface area contributed by atoms with Crippen LogP contribution in [0.15, 0.2) is 72.2 Å². The second-order valence-corrected chi connectivity index (χ2v) is 7.97. The number of nitrogens with zero attached hydrogens (tertiary/aromatic N) is 2. The number of esters is 1. The fourth-order valence-electron chi connectivity index (χ4n) is 3.14. The van der Waals surface area contributed by atoms with Gasteiger partial charge in [-0.25, -0.2) is 13.9 Å². The number of Topliss-reactive ketones (excluding diaryl/α,β-unsaturated/α-hetero) is 1. The van der Waals surface area contributed by atoms with Crippen LogP contribution in [-0.2, 0) is 9.53 Å². The molecule has 9 heteroatoms. The van der Waals surface area contributed by atoms with Crippen molar-refractivity contribution < 1.29 is 23.5 Å². The lowest BCUT2D eigenvalue weighted by molar-refractivity contribution is -0.114. The predicted molar refractivity (Wildman–Crippen MR) is 122 cm³/mol. The van der Waals surface area contributed by atoms with Gasteiger partial charge in [0.1, 0.15) is 17.1 Å². The number of hydrogen-bond donors (Lipinski definition) is 1. The highest BCUT2D eigenvalue weighted by molar-refractivity contribution is 7.13. The summed E-state index contributed by atoms with van der Waals surface area (Å²) < 4.78 is 21.1. The van der Waals surface area contributed by atoms with Crippen LogP contribution in [0.2, 0.25) is 0 Å². The molecule has 0 saturated heterocycles. The SMILES string of the molecule is CC(=O)Nc1ccc(C(=O)COC(=O)c2cn(-c3ccccc3)nc2-c2cccs2)c(F)c1. The van der Waals surface area contributed by atoms with Gasteiger partial charge in [-0.3, -0.25) is 9.59 Å². The molecule has 0 aliphatic rings. The minimum absolute atomic E-state index is 0.190. The molecule has 2 aromatic carbocycles. The van der Waals surface area contributed by atoms with E-state index in [9.17, 15) is 18.8 Å². The third-order valence-electron chi connectivity index (χ3n) is 4.63. The first-order valence-electron chi connectivity index (χ1n) is 9.89. The quantitative estimate of drug-likeness (QED) is 0.316. The standard InChI is InChI=1S/C24H18FN3O4S/c1-15(29)26-16-9-10-18(20(25)12-16)21(30)14-32-24(31)19-13-28(17-6-3-2-4-7-17)27-23(19)22-8-5-11-33-22/h2-13H,14H2,1H3,(H,26,29). The number of nitrogens with one attached hydrogen (secondary N) is 1. The van der Waals surface area contributed by atoms with E-state index in [1.54, 1.807) is 10.9 Å². The van der Waals surface area contributed by atoms with Crippen LogP contribution in [0, 0.1) is 5.82 Å².